The van der Waals surface area contributed by atoms with Gasteiger partial charge in [0.25, 0.3) is 5.91 Å². The molecule has 25 heavy (non-hydrogen) atoms. The van der Waals surface area contributed by atoms with Crippen molar-refractivity contribution in [1.29, 1.82) is 0 Å². The number of carbonyl (C=O) groups excluding carboxylic acids is 1. The lowest BCUT2D eigenvalue weighted by atomic mass is 9.92. The number of hydrogen-bond donors (Lipinski definition) is 2. The van der Waals surface area contributed by atoms with Crippen LogP contribution in [0, 0.1) is 6.92 Å². The van der Waals surface area contributed by atoms with Crippen LogP contribution in [0.15, 0.2) is 30.5 Å². The molecule has 0 atom stereocenters. The van der Waals surface area contributed by atoms with E-state index in [0.717, 1.165) is 38.8 Å². The van der Waals surface area contributed by atoms with Crippen LogP contribution >= 0.6 is 0 Å². The summed E-state index contributed by atoms with van der Waals surface area (Å²) < 4.78 is 1.85. The summed E-state index contributed by atoms with van der Waals surface area (Å²) in [5, 5.41) is 14.7. The molecule has 1 aliphatic heterocycles. The Balaban J connectivity index is 1.40. The third-order valence-electron chi connectivity index (χ3n) is 5.58. The van der Waals surface area contributed by atoms with Crippen LogP contribution in [0.25, 0.3) is 0 Å². The minimum absolute atomic E-state index is 0.103. The highest BCUT2D eigenvalue weighted by Gasteiger charge is 2.45. The topological polar surface area (TPSA) is 71.8 Å². The molecule has 2 aliphatic rings. The highest BCUT2D eigenvalue weighted by molar-refractivity contribution is 5.91. The maximum absolute atomic E-state index is 12.5. The second-order valence-corrected chi connectivity index (χ2v) is 7.34. The Labute approximate surface area is 148 Å². The fourth-order valence-electron chi connectivity index (χ4n) is 3.83. The van der Waals surface area contributed by atoms with E-state index in [0.29, 0.717) is 18.3 Å². The fraction of sp³-hybridized carbons (Fsp3) is 0.526. The second kappa shape index (κ2) is 6.59. The van der Waals surface area contributed by atoms with E-state index < -0.39 is 0 Å². The van der Waals surface area contributed by atoms with Crippen LogP contribution in [0.1, 0.15) is 53.3 Å². The van der Waals surface area contributed by atoms with Crippen molar-refractivity contribution < 1.29 is 4.79 Å². The number of amides is 1. The Morgan fingerprint density at radius 1 is 1.32 bits per heavy atom. The van der Waals surface area contributed by atoms with Crippen molar-refractivity contribution in [3.63, 3.8) is 0 Å². The van der Waals surface area contributed by atoms with Crippen LogP contribution < -0.4 is 10.6 Å². The first kappa shape index (κ1) is 16.3. The molecule has 6 nitrogen and oxygen atoms in total. The van der Waals surface area contributed by atoms with Crippen molar-refractivity contribution in [1.82, 2.24) is 25.6 Å². The minimum Gasteiger partial charge on any atom is -0.350 e. The Morgan fingerprint density at radius 2 is 2.08 bits per heavy atom. The van der Waals surface area contributed by atoms with Crippen molar-refractivity contribution in [3.05, 3.63) is 47.3 Å². The molecule has 0 unspecified atom stereocenters. The Kier molecular flexibility index (Phi) is 4.29. The summed E-state index contributed by atoms with van der Waals surface area (Å²) >= 11 is 0. The van der Waals surface area contributed by atoms with Crippen molar-refractivity contribution >= 4 is 5.91 Å². The van der Waals surface area contributed by atoms with Gasteiger partial charge < -0.3 is 10.6 Å². The Hall–Kier alpha value is -2.21. The number of aryl methyl sites for hydroxylation is 1. The third-order valence-corrected chi connectivity index (χ3v) is 5.58. The average molecular weight is 339 g/mol. The van der Waals surface area contributed by atoms with E-state index >= 15 is 0 Å². The zero-order valence-electron chi connectivity index (χ0n) is 14.7. The van der Waals surface area contributed by atoms with Crippen LogP contribution in [0.2, 0.25) is 0 Å². The van der Waals surface area contributed by atoms with Crippen molar-refractivity contribution in [2.75, 3.05) is 19.6 Å². The zero-order chi connectivity index (χ0) is 17.3. The van der Waals surface area contributed by atoms with E-state index in [1.807, 2.05) is 4.68 Å². The quantitative estimate of drug-likeness (QED) is 0.874. The maximum atomic E-state index is 12.5. The molecule has 1 amide bonds. The molecule has 6 heteroatoms. The van der Waals surface area contributed by atoms with Crippen molar-refractivity contribution in [3.8, 4) is 0 Å². The van der Waals surface area contributed by atoms with Crippen LogP contribution in [-0.2, 0) is 5.41 Å². The molecule has 0 bridgehead atoms. The summed E-state index contributed by atoms with van der Waals surface area (Å²) in [5.41, 5.74) is 3.17. The van der Waals surface area contributed by atoms with Gasteiger partial charge in [0, 0.05) is 12.0 Å². The van der Waals surface area contributed by atoms with Gasteiger partial charge in [-0.25, -0.2) is 4.68 Å². The van der Waals surface area contributed by atoms with Gasteiger partial charge >= 0.3 is 0 Å². The van der Waals surface area contributed by atoms with Gasteiger partial charge in [-0.1, -0.05) is 29.5 Å². The molecule has 2 aromatic rings. The van der Waals surface area contributed by atoms with Crippen LogP contribution in [0.5, 0.6) is 0 Å². The lowest BCUT2D eigenvalue weighted by Gasteiger charge is -2.22. The third kappa shape index (κ3) is 3.31. The molecule has 1 saturated heterocycles. The van der Waals surface area contributed by atoms with Gasteiger partial charge in [-0.05, 0) is 56.8 Å². The van der Waals surface area contributed by atoms with Crippen molar-refractivity contribution in [2.24, 2.45) is 0 Å². The normalized spacial score (nSPS) is 19.6. The second-order valence-electron chi connectivity index (χ2n) is 7.34. The van der Waals surface area contributed by atoms with Gasteiger partial charge in [0.2, 0.25) is 0 Å². The summed E-state index contributed by atoms with van der Waals surface area (Å²) in [6.45, 7) is 4.79. The summed E-state index contributed by atoms with van der Waals surface area (Å²) in [4.78, 5) is 12.5. The predicted octanol–water partition coefficient (Wildman–Crippen LogP) is 1.97. The smallest absolute Gasteiger partial charge is 0.273 e. The minimum atomic E-state index is -0.125. The molecule has 4 rings (SSSR count). The predicted molar refractivity (Wildman–Crippen MR) is 95.6 cm³/mol. The number of nitrogens with one attached hydrogen (secondary N) is 2. The number of piperidine rings is 1. The largest absolute Gasteiger partial charge is 0.350 e. The van der Waals surface area contributed by atoms with Crippen molar-refractivity contribution in [2.45, 2.75) is 44.1 Å². The van der Waals surface area contributed by atoms with Gasteiger partial charge in [0.1, 0.15) is 0 Å². The van der Waals surface area contributed by atoms with Crippen LogP contribution in [0.3, 0.4) is 0 Å². The zero-order valence-corrected chi connectivity index (χ0v) is 14.7. The first-order chi connectivity index (χ1) is 12.2. The number of aromatic nitrogens is 3. The highest BCUT2D eigenvalue weighted by Crippen LogP contribution is 2.48. The number of rotatable bonds is 5. The molecule has 0 spiro atoms. The molecule has 2 heterocycles. The van der Waals surface area contributed by atoms with E-state index in [-0.39, 0.29) is 11.3 Å². The van der Waals surface area contributed by atoms with E-state index in [2.05, 4.69) is 52.1 Å². The molecule has 2 fully saturated rings. The maximum Gasteiger partial charge on any atom is 0.273 e. The number of benzene rings is 1. The Bertz CT molecular complexity index is 759. The first-order valence-electron chi connectivity index (χ1n) is 9.15. The average Bonchev–Trinajstić information content (AvgIpc) is 3.26. The van der Waals surface area contributed by atoms with E-state index in [9.17, 15) is 4.79 Å². The molecule has 0 radical (unpaired) electrons. The van der Waals surface area contributed by atoms with Gasteiger partial charge in [0.05, 0.1) is 12.2 Å². The lowest BCUT2D eigenvalue weighted by molar-refractivity contribution is 0.0944. The number of carbonyl (C=O) groups is 1. The summed E-state index contributed by atoms with van der Waals surface area (Å²) in [7, 11) is 0. The summed E-state index contributed by atoms with van der Waals surface area (Å²) in [6.07, 6.45) is 6.10. The lowest BCUT2D eigenvalue weighted by Crippen LogP contribution is -2.33. The highest BCUT2D eigenvalue weighted by atomic mass is 16.2. The van der Waals surface area contributed by atoms with Crippen LogP contribution in [-0.4, -0.2) is 40.5 Å². The molecular formula is C19H25N5O. The van der Waals surface area contributed by atoms with Gasteiger partial charge in [0.15, 0.2) is 5.69 Å². The first-order valence-corrected chi connectivity index (χ1v) is 9.15. The molecular weight excluding hydrogens is 314 g/mol. The molecule has 132 valence electrons. The molecule has 1 aliphatic carbocycles. The summed E-state index contributed by atoms with van der Waals surface area (Å²) in [6, 6.07) is 8.81. The SMILES string of the molecule is Cc1ccccc1C1(CNC(=O)c2cn(C3CCNCC3)nn2)CC1. The van der Waals surface area contributed by atoms with Gasteiger partial charge in [-0.15, -0.1) is 5.10 Å². The molecule has 2 N–H and O–H groups in total. The fourth-order valence-corrected chi connectivity index (χ4v) is 3.83. The molecule has 1 aromatic heterocycles. The van der Waals surface area contributed by atoms with Gasteiger partial charge in [-0.3, -0.25) is 4.79 Å². The molecule has 1 saturated carbocycles. The monoisotopic (exact) mass is 339 g/mol. The van der Waals surface area contributed by atoms with Gasteiger partial charge in [-0.2, -0.15) is 0 Å². The number of hydrogen-bond acceptors (Lipinski definition) is 4. The Morgan fingerprint density at radius 3 is 2.80 bits per heavy atom. The van der Waals surface area contributed by atoms with Crippen LogP contribution in [0.4, 0.5) is 0 Å². The molecule has 1 aromatic carbocycles. The van der Waals surface area contributed by atoms with E-state index in [4.69, 9.17) is 0 Å². The van der Waals surface area contributed by atoms with E-state index in [1.165, 1.54) is 11.1 Å². The summed E-state index contributed by atoms with van der Waals surface area (Å²) in [5.74, 6) is -0.125. The van der Waals surface area contributed by atoms with E-state index in [1.54, 1.807) is 6.20 Å². The number of nitrogens with zero attached hydrogens (tertiary/aromatic N) is 3. The standard InChI is InChI=1S/C19H25N5O/c1-14-4-2-3-5-16(14)19(8-9-19)13-21-18(25)17-12-24(23-22-17)15-6-10-20-11-7-15/h2-5,12,15,20H,6-11,13H2,1H3,(H,21,25).